The Morgan fingerprint density at radius 3 is 2.57 bits per heavy atom. The summed E-state index contributed by atoms with van der Waals surface area (Å²) in [6.07, 6.45) is 1.26. The van der Waals surface area contributed by atoms with Gasteiger partial charge in [0.15, 0.2) is 0 Å². The Kier molecular flexibility index (Phi) is 2.01. The van der Waals surface area contributed by atoms with E-state index in [1.54, 1.807) is 11.9 Å². The van der Waals surface area contributed by atoms with Gasteiger partial charge >= 0.3 is 0 Å². The summed E-state index contributed by atoms with van der Waals surface area (Å²) in [5, 5.41) is 0. The highest BCUT2D eigenvalue weighted by Gasteiger charge is 2.53. The van der Waals surface area contributed by atoms with Crippen LogP contribution in [0.2, 0.25) is 0 Å². The first-order valence-corrected chi connectivity index (χ1v) is 5.12. The zero-order valence-corrected chi connectivity index (χ0v) is 8.75. The third-order valence-corrected chi connectivity index (χ3v) is 3.42. The first-order valence-electron chi connectivity index (χ1n) is 5.12. The Hall–Kier alpha value is -1.06. The molecular formula is C10H16N2O2. The fourth-order valence-electron chi connectivity index (χ4n) is 2.52. The number of carbonyl (C=O) groups is 2. The molecule has 4 heteroatoms. The Labute approximate surface area is 83.9 Å². The van der Waals surface area contributed by atoms with E-state index in [4.69, 9.17) is 0 Å². The normalized spacial score (nSPS) is 32.4. The summed E-state index contributed by atoms with van der Waals surface area (Å²) in [5.74, 6) is 0.293. The molecule has 1 spiro atoms. The van der Waals surface area contributed by atoms with Gasteiger partial charge in [0.2, 0.25) is 11.8 Å². The van der Waals surface area contributed by atoms with Crippen molar-refractivity contribution in [1.29, 1.82) is 0 Å². The smallest absolute Gasteiger partial charge is 0.230 e. The van der Waals surface area contributed by atoms with Crippen molar-refractivity contribution in [3.8, 4) is 0 Å². The van der Waals surface area contributed by atoms with Crippen LogP contribution in [0.4, 0.5) is 0 Å². The lowest BCUT2D eigenvalue weighted by Crippen LogP contribution is -2.64. The molecule has 0 aliphatic carbocycles. The molecule has 0 radical (unpaired) electrons. The predicted octanol–water partition coefficient (Wildman–Crippen LogP) is 0.0871. The molecule has 2 aliphatic heterocycles. The highest BCUT2D eigenvalue weighted by Crippen LogP contribution is 2.41. The van der Waals surface area contributed by atoms with Crippen LogP contribution in [0.25, 0.3) is 0 Å². The fourth-order valence-corrected chi connectivity index (χ4v) is 2.52. The molecule has 2 heterocycles. The molecule has 2 rings (SSSR count). The SMILES string of the molecule is CCN1CCC2(CC1=O)CN(C)C2=O. The van der Waals surface area contributed by atoms with Crippen LogP contribution in [0.5, 0.6) is 0 Å². The molecule has 14 heavy (non-hydrogen) atoms. The topological polar surface area (TPSA) is 40.6 Å². The van der Waals surface area contributed by atoms with Gasteiger partial charge in [-0.2, -0.15) is 0 Å². The highest BCUT2D eigenvalue weighted by molar-refractivity contribution is 5.94. The number of likely N-dealkylation sites (tertiary alicyclic amines) is 2. The summed E-state index contributed by atoms with van der Waals surface area (Å²) in [4.78, 5) is 26.8. The molecule has 0 N–H and O–H groups in total. The van der Waals surface area contributed by atoms with Gasteiger partial charge in [-0.1, -0.05) is 0 Å². The minimum Gasteiger partial charge on any atom is -0.344 e. The molecule has 4 nitrogen and oxygen atoms in total. The Balaban J connectivity index is 2.07. The van der Waals surface area contributed by atoms with Crippen LogP contribution in [-0.2, 0) is 9.59 Å². The van der Waals surface area contributed by atoms with Crippen LogP contribution in [0.1, 0.15) is 19.8 Å². The van der Waals surface area contributed by atoms with Crippen molar-refractivity contribution in [2.75, 3.05) is 26.7 Å². The van der Waals surface area contributed by atoms with E-state index >= 15 is 0 Å². The second-order valence-corrected chi connectivity index (χ2v) is 4.34. The van der Waals surface area contributed by atoms with E-state index in [2.05, 4.69) is 0 Å². The molecule has 78 valence electrons. The molecular weight excluding hydrogens is 180 g/mol. The molecule has 0 bridgehead atoms. The van der Waals surface area contributed by atoms with Crippen LogP contribution in [-0.4, -0.2) is 48.3 Å². The number of rotatable bonds is 1. The lowest BCUT2D eigenvalue weighted by atomic mass is 9.71. The van der Waals surface area contributed by atoms with Gasteiger partial charge in [-0.3, -0.25) is 9.59 Å². The first-order chi connectivity index (χ1) is 6.59. The number of piperidine rings is 1. The van der Waals surface area contributed by atoms with Gasteiger partial charge < -0.3 is 9.80 Å². The monoisotopic (exact) mass is 196 g/mol. The van der Waals surface area contributed by atoms with E-state index in [9.17, 15) is 9.59 Å². The average Bonchev–Trinajstić information content (AvgIpc) is 2.18. The average molecular weight is 196 g/mol. The maximum absolute atomic E-state index is 11.6. The van der Waals surface area contributed by atoms with Crippen molar-refractivity contribution in [3.63, 3.8) is 0 Å². The first kappa shape index (κ1) is 9.49. The van der Waals surface area contributed by atoms with Gasteiger partial charge in [0.1, 0.15) is 0 Å². The van der Waals surface area contributed by atoms with Crippen LogP contribution >= 0.6 is 0 Å². The summed E-state index contributed by atoms with van der Waals surface area (Å²) in [6.45, 7) is 4.24. The van der Waals surface area contributed by atoms with Gasteiger partial charge in [-0.15, -0.1) is 0 Å². The van der Waals surface area contributed by atoms with E-state index < -0.39 is 0 Å². The molecule has 2 aliphatic rings. The van der Waals surface area contributed by atoms with Crippen LogP contribution in [0, 0.1) is 5.41 Å². The van der Waals surface area contributed by atoms with E-state index in [1.165, 1.54) is 0 Å². The Bertz CT molecular complexity index is 290. The molecule has 1 unspecified atom stereocenters. The van der Waals surface area contributed by atoms with Crippen LogP contribution < -0.4 is 0 Å². The number of nitrogens with zero attached hydrogens (tertiary/aromatic N) is 2. The number of carbonyl (C=O) groups excluding carboxylic acids is 2. The van der Waals surface area contributed by atoms with Gasteiger partial charge in [-0.25, -0.2) is 0 Å². The van der Waals surface area contributed by atoms with Gasteiger partial charge in [0, 0.05) is 33.1 Å². The molecule has 0 aromatic heterocycles. The molecule has 2 amide bonds. The Morgan fingerprint density at radius 1 is 1.43 bits per heavy atom. The van der Waals surface area contributed by atoms with Crippen LogP contribution in [0.15, 0.2) is 0 Å². The summed E-state index contributed by atoms with van der Waals surface area (Å²) in [5.41, 5.74) is -0.322. The van der Waals surface area contributed by atoms with Crippen LogP contribution in [0.3, 0.4) is 0 Å². The zero-order valence-electron chi connectivity index (χ0n) is 8.75. The molecule has 0 aromatic rings. The van der Waals surface area contributed by atoms with Crippen molar-refractivity contribution in [2.45, 2.75) is 19.8 Å². The van der Waals surface area contributed by atoms with Crippen molar-refractivity contribution in [2.24, 2.45) is 5.41 Å². The van der Waals surface area contributed by atoms with Gasteiger partial charge in [0.05, 0.1) is 5.41 Å². The summed E-state index contributed by atoms with van der Waals surface area (Å²) < 4.78 is 0. The Morgan fingerprint density at radius 2 is 2.14 bits per heavy atom. The molecule has 2 saturated heterocycles. The van der Waals surface area contributed by atoms with Gasteiger partial charge in [0.25, 0.3) is 0 Å². The van der Waals surface area contributed by atoms with Crippen molar-refractivity contribution >= 4 is 11.8 Å². The second-order valence-electron chi connectivity index (χ2n) is 4.34. The number of β-lactam (4-membered cyclic amide) rings is 1. The molecule has 0 saturated carbocycles. The van der Waals surface area contributed by atoms with E-state index in [0.29, 0.717) is 6.42 Å². The largest absolute Gasteiger partial charge is 0.344 e. The third-order valence-electron chi connectivity index (χ3n) is 3.42. The molecule has 2 fully saturated rings. The van der Waals surface area contributed by atoms with E-state index in [-0.39, 0.29) is 17.2 Å². The molecule has 1 atom stereocenters. The number of hydrogen-bond acceptors (Lipinski definition) is 2. The van der Waals surface area contributed by atoms with Crippen molar-refractivity contribution in [3.05, 3.63) is 0 Å². The predicted molar refractivity (Wildman–Crippen MR) is 51.6 cm³/mol. The maximum Gasteiger partial charge on any atom is 0.230 e. The standard InChI is InChI=1S/C10H16N2O2/c1-3-12-5-4-10(6-8(12)13)7-11(2)9(10)14/h3-7H2,1-2H3. The summed E-state index contributed by atoms with van der Waals surface area (Å²) in [6, 6.07) is 0. The van der Waals surface area contributed by atoms with Crippen molar-refractivity contribution < 1.29 is 9.59 Å². The third kappa shape index (κ3) is 1.13. The molecule has 0 aromatic carbocycles. The fraction of sp³-hybridized carbons (Fsp3) is 0.800. The van der Waals surface area contributed by atoms with Gasteiger partial charge in [-0.05, 0) is 13.3 Å². The zero-order chi connectivity index (χ0) is 10.3. The van der Waals surface area contributed by atoms with Crippen molar-refractivity contribution in [1.82, 2.24) is 9.80 Å². The minimum atomic E-state index is -0.322. The summed E-state index contributed by atoms with van der Waals surface area (Å²) in [7, 11) is 1.80. The maximum atomic E-state index is 11.6. The highest BCUT2D eigenvalue weighted by atomic mass is 16.2. The lowest BCUT2D eigenvalue weighted by molar-refractivity contribution is -0.168. The minimum absolute atomic E-state index is 0.139. The van der Waals surface area contributed by atoms with E-state index in [1.807, 2.05) is 11.8 Å². The van der Waals surface area contributed by atoms with E-state index in [0.717, 1.165) is 26.1 Å². The number of amides is 2. The second kappa shape index (κ2) is 2.97. The quantitative estimate of drug-likeness (QED) is 0.557. The lowest BCUT2D eigenvalue weighted by Gasteiger charge is -2.50. The number of hydrogen-bond donors (Lipinski definition) is 0. The summed E-state index contributed by atoms with van der Waals surface area (Å²) >= 11 is 0.